The van der Waals surface area contributed by atoms with Crippen LogP contribution in [-0.2, 0) is 20.8 Å². The van der Waals surface area contributed by atoms with Gasteiger partial charge in [0, 0.05) is 33.3 Å². The molecule has 0 amide bonds. The summed E-state index contributed by atoms with van der Waals surface area (Å²) in [5.41, 5.74) is 0.851. The first-order valence-electron chi connectivity index (χ1n) is 5.31. The molecule has 0 heterocycles. The Bertz CT molecular complexity index is 557. The van der Waals surface area contributed by atoms with E-state index in [9.17, 15) is 12.6 Å². The van der Waals surface area contributed by atoms with Crippen molar-refractivity contribution in [1.82, 2.24) is 4.72 Å². The van der Waals surface area contributed by atoms with Gasteiger partial charge in [-0.1, -0.05) is 15.9 Å². The van der Waals surface area contributed by atoms with Crippen molar-refractivity contribution in [1.29, 1.82) is 0 Å². The highest BCUT2D eigenvalue weighted by Crippen LogP contribution is 2.20. The van der Waals surface area contributed by atoms with Gasteiger partial charge in [0.1, 0.15) is 0 Å². The smallest absolute Gasteiger partial charge is 0.240 e. The fraction of sp³-hybridized carbons (Fsp3) is 0.455. The van der Waals surface area contributed by atoms with Gasteiger partial charge >= 0.3 is 0 Å². The van der Waals surface area contributed by atoms with Gasteiger partial charge in [-0.25, -0.2) is 13.1 Å². The van der Waals surface area contributed by atoms with Crippen molar-refractivity contribution in [3.63, 3.8) is 0 Å². The molecule has 1 aromatic carbocycles. The Morgan fingerprint density at radius 2 is 2.06 bits per heavy atom. The van der Waals surface area contributed by atoms with Crippen LogP contribution in [-0.4, -0.2) is 30.7 Å². The molecule has 0 aromatic heterocycles. The van der Waals surface area contributed by atoms with Crippen LogP contribution in [0.3, 0.4) is 0 Å². The van der Waals surface area contributed by atoms with E-state index < -0.39 is 20.8 Å². The minimum absolute atomic E-state index is 0.219. The Kier molecular flexibility index (Phi) is 5.51. The number of hydrogen-bond donors (Lipinski definition) is 1. The lowest BCUT2D eigenvalue weighted by Gasteiger charge is -2.13. The summed E-state index contributed by atoms with van der Waals surface area (Å²) in [5, 5.41) is 0. The molecule has 0 radical (unpaired) electrons. The van der Waals surface area contributed by atoms with Crippen molar-refractivity contribution in [2.45, 2.75) is 24.8 Å². The molecule has 0 aliphatic carbocycles. The van der Waals surface area contributed by atoms with Crippen molar-refractivity contribution in [2.75, 3.05) is 12.0 Å². The van der Waals surface area contributed by atoms with E-state index in [0.29, 0.717) is 5.75 Å². The highest BCUT2D eigenvalue weighted by molar-refractivity contribution is 9.10. The van der Waals surface area contributed by atoms with E-state index in [4.69, 9.17) is 0 Å². The Labute approximate surface area is 119 Å². The molecular formula is C11H16BrNO3S2. The molecule has 0 aliphatic rings. The first-order valence-corrected chi connectivity index (χ1v) is 9.31. The molecule has 102 valence electrons. The summed E-state index contributed by atoms with van der Waals surface area (Å²) in [5.74, 6) is 0.300. The third-order valence-corrected chi connectivity index (χ3v) is 5.73. The fourth-order valence-corrected chi connectivity index (χ4v) is 3.97. The van der Waals surface area contributed by atoms with Crippen LogP contribution in [0.1, 0.15) is 12.5 Å². The van der Waals surface area contributed by atoms with Gasteiger partial charge in [0.05, 0.1) is 4.90 Å². The van der Waals surface area contributed by atoms with Gasteiger partial charge in [0.2, 0.25) is 10.0 Å². The normalized spacial score (nSPS) is 15.3. The van der Waals surface area contributed by atoms with Gasteiger partial charge in [-0.2, -0.15) is 0 Å². The second-order valence-electron chi connectivity index (χ2n) is 4.17. The number of halogens is 1. The number of nitrogens with one attached hydrogen (secondary N) is 1. The quantitative estimate of drug-likeness (QED) is 0.877. The van der Waals surface area contributed by atoms with E-state index in [1.165, 1.54) is 6.07 Å². The lowest BCUT2D eigenvalue weighted by atomic mass is 10.2. The minimum atomic E-state index is -3.55. The largest absolute Gasteiger partial charge is 0.260 e. The number of rotatable bonds is 5. The predicted molar refractivity (Wildman–Crippen MR) is 77.6 cm³/mol. The molecule has 0 aliphatic heterocycles. The summed E-state index contributed by atoms with van der Waals surface area (Å²) in [4.78, 5) is 0.219. The number of sulfonamides is 1. The molecule has 0 saturated heterocycles. The van der Waals surface area contributed by atoms with Crippen molar-refractivity contribution in [3.8, 4) is 0 Å². The van der Waals surface area contributed by atoms with Crippen LogP contribution in [0.5, 0.6) is 0 Å². The lowest BCUT2D eigenvalue weighted by molar-refractivity contribution is 0.570. The highest BCUT2D eigenvalue weighted by atomic mass is 79.9. The topological polar surface area (TPSA) is 63.2 Å². The van der Waals surface area contributed by atoms with Crippen molar-refractivity contribution >= 4 is 36.8 Å². The van der Waals surface area contributed by atoms with E-state index in [1.54, 1.807) is 25.3 Å². The molecule has 1 aromatic rings. The van der Waals surface area contributed by atoms with Crippen molar-refractivity contribution in [3.05, 3.63) is 28.2 Å². The van der Waals surface area contributed by atoms with E-state index in [-0.39, 0.29) is 10.9 Å². The molecule has 0 spiro atoms. The van der Waals surface area contributed by atoms with Gasteiger partial charge in [-0.3, -0.25) is 4.21 Å². The predicted octanol–water partition coefficient (Wildman–Crippen LogP) is 1.80. The Morgan fingerprint density at radius 3 is 2.56 bits per heavy atom. The van der Waals surface area contributed by atoms with Crippen LogP contribution in [0, 0.1) is 6.92 Å². The average Bonchev–Trinajstić information content (AvgIpc) is 2.19. The second-order valence-corrected chi connectivity index (χ2v) is 8.22. The van der Waals surface area contributed by atoms with Crippen molar-refractivity contribution in [2.24, 2.45) is 0 Å². The molecular weight excluding hydrogens is 338 g/mol. The van der Waals surface area contributed by atoms with Crippen LogP contribution < -0.4 is 4.72 Å². The minimum Gasteiger partial charge on any atom is -0.260 e. The monoisotopic (exact) mass is 353 g/mol. The first kappa shape index (κ1) is 15.8. The molecule has 0 fully saturated rings. The zero-order valence-corrected chi connectivity index (χ0v) is 13.7. The van der Waals surface area contributed by atoms with Gasteiger partial charge in [0.25, 0.3) is 0 Å². The summed E-state index contributed by atoms with van der Waals surface area (Å²) in [6.07, 6.45) is 1.55. The van der Waals surface area contributed by atoms with E-state index >= 15 is 0 Å². The lowest BCUT2D eigenvalue weighted by Crippen LogP contribution is -2.36. The van der Waals surface area contributed by atoms with E-state index in [1.807, 2.05) is 6.92 Å². The molecule has 7 heteroatoms. The molecule has 2 unspecified atom stereocenters. The van der Waals surface area contributed by atoms with Crippen LogP contribution in [0.25, 0.3) is 0 Å². The molecule has 1 N–H and O–H groups in total. The third-order valence-electron chi connectivity index (χ3n) is 2.28. The standard InChI is InChI=1S/C11H16BrNO3S2/c1-8-6-10(4-5-11(8)12)18(15,16)13-9(2)7-17(3)14/h4-6,9,13H,7H2,1-3H3. The number of aryl methyl sites for hydroxylation is 1. The molecule has 4 nitrogen and oxygen atoms in total. The fourth-order valence-electron chi connectivity index (χ4n) is 1.50. The SMILES string of the molecule is Cc1cc(S(=O)(=O)NC(C)CS(C)=O)ccc1Br. The van der Waals surface area contributed by atoms with Crippen LogP contribution >= 0.6 is 15.9 Å². The van der Waals surface area contributed by atoms with Gasteiger partial charge < -0.3 is 0 Å². The van der Waals surface area contributed by atoms with E-state index in [2.05, 4.69) is 20.7 Å². The average molecular weight is 354 g/mol. The number of hydrogen-bond acceptors (Lipinski definition) is 3. The van der Waals surface area contributed by atoms with Crippen molar-refractivity contribution < 1.29 is 12.6 Å². The van der Waals surface area contributed by atoms with E-state index in [0.717, 1.165) is 10.0 Å². The summed E-state index contributed by atoms with van der Waals surface area (Å²) < 4.78 is 38.5. The van der Waals surface area contributed by atoms with Gasteiger partial charge in [-0.15, -0.1) is 0 Å². The Morgan fingerprint density at radius 1 is 1.44 bits per heavy atom. The Hall–Kier alpha value is -0.240. The van der Waals surface area contributed by atoms with Crippen LogP contribution in [0.2, 0.25) is 0 Å². The Balaban J connectivity index is 2.92. The first-order chi connectivity index (χ1) is 8.22. The zero-order valence-electron chi connectivity index (χ0n) is 10.4. The van der Waals surface area contributed by atoms with Crippen LogP contribution in [0.4, 0.5) is 0 Å². The zero-order chi connectivity index (χ0) is 13.9. The summed E-state index contributed by atoms with van der Waals surface area (Å²) >= 11 is 3.32. The van der Waals surface area contributed by atoms with Crippen LogP contribution in [0.15, 0.2) is 27.6 Å². The molecule has 1 rings (SSSR count). The summed E-state index contributed by atoms with van der Waals surface area (Å²) in [7, 11) is -4.58. The summed E-state index contributed by atoms with van der Waals surface area (Å²) in [6, 6.07) is 4.48. The van der Waals surface area contributed by atoms with Gasteiger partial charge in [0.15, 0.2) is 0 Å². The molecule has 2 atom stereocenters. The molecule has 18 heavy (non-hydrogen) atoms. The highest BCUT2D eigenvalue weighted by Gasteiger charge is 2.18. The van der Waals surface area contributed by atoms with Gasteiger partial charge in [-0.05, 0) is 37.6 Å². The molecule has 0 saturated carbocycles. The second kappa shape index (κ2) is 6.27. The number of benzene rings is 1. The molecule has 0 bridgehead atoms. The maximum atomic E-state index is 12.1. The maximum absolute atomic E-state index is 12.1. The maximum Gasteiger partial charge on any atom is 0.240 e. The summed E-state index contributed by atoms with van der Waals surface area (Å²) in [6.45, 7) is 3.53. The third kappa shape index (κ3) is 4.46.